The fourth-order valence-electron chi connectivity index (χ4n) is 4.32. The smallest absolute Gasteiger partial charge is 0.270 e. The normalized spacial score (nSPS) is 13.4. The van der Waals surface area contributed by atoms with Crippen molar-refractivity contribution in [1.29, 1.82) is 0 Å². The van der Waals surface area contributed by atoms with Gasteiger partial charge in [-0.3, -0.25) is 19.4 Å². The van der Waals surface area contributed by atoms with E-state index in [2.05, 4.69) is 15.9 Å². The molecule has 2 amide bonds. The van der Waals surface area contributed by atoms with Crippen LogP contribution in [-0.4, -0.2) is 23.5 Å². The molecule has 0 saturated carbocycles. The highest BCUT2D eigenvalue weighted by Crippen LogP contribution is 2.39. The first-order chi connectivity index (χ1) is 19.9. The fraction of sp³-hybridized carbons (Fsp3) is 0.0938. The summed E-state index contributed by atoms with van der Waals surface area (Å²) in [5, 5.41) is 0.725. The monoisotopic (exact) mass is 646 g/mol. The Kier molecular flexibility index (Phi) is 8.83. The Morgan fingerprint density at radius 2 is 1.39 bits per heavy atom. The second-order valence-corrected chi connectivity index (χ2v) is 10.6. The van der Waals surface area contributed by atoms with Crippen LogP contribution in [0.2, 0.25) is 5.02 Å². The number of para-hydroxylation sites is 2. The van der Waals surface area contributed by atoms with Crippen molar-refractivity contribution in [2.24, 2.45) is 0 Å². The topological polar surface area (TPSA) is 59.1 Å². The summed E-state index contributed by atoms with van der Waals surface area (Å²) < 4.78 is 12.6. The molecule has 1 aliphatic heterocycles. The molecule has 4 aromatic carbocycles. The van der Waals surface area contributed by atoms with E-state index in [1.54, 1.807) is 54.6 Å². The molecule has 0 unspecified atom stereocenters. The number of carbonyl (C=O) groups excluding carboxylic acids is 2. The third-order valence-electron chi connectivity index (χ3n) is 6.22. The van der Waals surface area contributed by atoms with Crippen molar-refractivity contribution >= 4 is 74.1 Å². The molecular weight excluding hydrogens is 624 g/mol. The second-order valence-electron chi connectivity index (χ2n) is 8.97. The minimum absolute atomic E-state index is 0.0458. The van der Waals surface area contributed by atoms with Crippen LogP contribution >= 0.6 is 39.7 Å². The van der Waals surface area contributed by atoms with Crippen molar-refractivity contribution in [2.45, 2.75) is 13.5 Å². The van der Waals surface area contributed by atoms with E-state index in [1.807, 2.05) is 55.5 Å². The summed E-state index contributed by atoms with van der Waals surface area (Å²) >= 11 is 15.3. The number of rotatable bonds is 8. The molecule has 4 aromatic rings. The van der Waals surface area contributed by atoms with Gasteiger partial charge in [0, 0.05) is 5.02 Å². The third-order valence-corrected chi connectivity index (χ3v) is 7.42. The first kappa shape index (κ1) is 28.5. The molecule has 1 heterocycles. The molecule has 0 spiro atoms. The number of nitrogens with zero attached hydrogens (tertiary/aromatic N) is 2. The van der Waals surface area contributed by atoms with Gasteiger partial charge in [-0.05, 0) is 101 Å². The van der Waals surface area contributed by atoms with Crippen LogP contribution in [-0.2, 0) is 16.2 Å². The molecule has 206 valence electrons. The Labute approximate surface area is 256 Å². The summed E-state index contributed by atoms with van der Waals surface area (Å²) in [6, 6.07) is 28.9. The molecule has 0 aliphatic carbocycles. The van der Waals surface area contributed by atoms with Crippen LogP contribution in [0.4, 0.5) is 11.4 Å². The van der Waals surface area contributed by atoms with Crippen molar-refractivity contribution in [3.05, 3.63) is 123 Å². The fourth-order valence-corrected chi connectivity index (χ4v) is 5.39. The zero-order valence-corrected chi connectivity index (χ0v) is 25.1. The van der Waals surface area contributed by atoms with E-state index in [9.17, 15) is 9.59 Å². The summed E-state index contributed by atoms with van der Waals surface area (Å²) in [5.41, 5.74) is 2.58. The molecule has 6 nitrogen and oxygen atoms in total. The number of thiocarbonyl (C=S) groups is 1. The van der Waals surface area contributed by atoms with E-state index in [4.69, 9.17) is 33.3 Å². The molecule has 0 atom stereocenters. The zero-order valence-electron chi connectivity index (χ0n) is 21.9. The van der Waals surface area contributed by atoms with Gasteiger partial charge >= 0.3 is 0 Å². The van der Waals surface area contributed by atoms with Crippen LogP contribution in [0.1, 0.15) is 18.1 Å². The van der Waals surface area contributed by atoms with Gasteiger partial charge in [0.25, 0.3) is 11.8 Å². The summed E-state index contributed by atoms with van der Waals surface area (Å²) in [6.45, 7) is 2.55. The van der Waals surface area contributed by atoms with E-state index in [-0.39, 0.29) is 10.7 Å². The number of benzene rings is 4. The van der Waals surface area contributed by atoms with Crippen LogP contribution in [0.3, 0.4) is 0 Å². The number of ether oxygens (including phenoxy) is 2. The van der Waals surface area contributed by atoms with Gasteiger partial charge in [-0.1, -0.05) is 60.1 Å². The number of carbonyl (C=O) groups is 2. The molecule has 1 fully saturated rings. The Bertz CT molecular complexity index is 1570. The summed E-state index contributed by atoms with van der Waals surface area (Å²) in [5.74, 6) is -0.0666. The highest BCUT2D eigenvalue weighted by atomic mass is 79.9. The lowest BCUT2D eigenvalue weighted by Crippen LogP contribution is -2.56. The van der Waals surface area contributed by atoms with E-state index in [1.165, 1.54) is 9.80 Å². The third kappa shape index (κ3) is 6.20. The van der Waals surface area contributed by atoms with Crippen molar-refractivity contribution in [2.75, 3.05) is 16.4 Å². The molecule has 0 aromatic heterocycles. The molecule has 1 saturated heterocycles. The second kappa shape index (κ2) is 12.7. The molecule has 9 heteroatoms. The number of amides is 2. The summed E-state index contributed by atoms with van der Waals surface area (Å²) in [7, 11) is 0. The summed E-state index contributed by atoms with van der Waals surface area (Å²) in [4.78, 5) is 30.4. The van der Waals surface area contributed by atoms with E-state index in [0.29, 0.717) is 51.1 Å². The van der Waals surface area contributed by atoms with Crippen LogP contribution in [0.5, 0.6) is 11.5 Å². The lowest BCUT2D eigenvalue weighted by atomic mass is 10.0. The van der Waals surface area contributed by atoms with Gasteiger partial charge in [-0.25, -0.2) is 0 Å². The molecule has 0 bridgehead atoms. The largest absolute Gasteiger partial charge is 0.490 e. The average Bonchev–Trinajstić information content (AvgIpc) is 2.97. The van der Waals surface area contributed by atoms with Gasteiger partial charge < -0.3 is 9.47 Å². The molecule has 0 radical (unpaired) electrons. The molecule has 5 rings (SSSR count). The minimum atomic E-state index is -0.518. The van der Waals surface area contributed by atoms with Gasteiger partial charge in [0.15, 0.2) is 16.6 Å². The lowest BCUT2D eigenvalue weighted by molar-refractivity contribution is -0.120. The average molecular weight is 648 g/mol. The SMILES string of the molecule is CCOc1cc(C=C2C(=O)N(c3ccccc3)C(=S)N(c3ccccc3)C2=O)cc(Br)c1OCc1ccc(Cl)cc1. The number of hydrogen-bond acceptors (Lipinski definition) is 5. The maximum absolute atomic E-state index is 13.8. The first-order valence-electron chi connectivity index (χ1n) is 12.8. The quantitative estimate of drug-likeness (QED) is 0.111. The van der Waals surface area contributed by atoms with E-state index >= 15 is 0 Å². The number of anilines is 2. The van der Waals surface area contributed by atoms with Gasteiger partial charge in [-0.2, -0.15) is 0 Å². The maximum atomic E-state index is 13.8. The van der Waals surface area contributed by atoms with Crippen molar-refractivity contribution in [1.82, 2.24) is 0 Å². The standard InChI is InChI=1S/C32H24BrClN2O4S/c1-2-39-28-19-22(18-27(33)29(28)40-20-21-13-15-23(34)16-14-21)17-26-30(37)35(24-9-5-3-6-10-24)32(41)36(31(26)38)25-11-7-4-8-12-25/h3-19H,2,20H2,1H3. The van der Waals surface area contributed by atoms with E-state index < -0.39 is 11.8 Å². The molecule has 41 heavy (non-hydrogen) atoms. The molecule has 1 aliphatic rings. The van der Waals surface area contributed by atoms with Crippen molar-refractivity contribution in [3.8, 4) is 11.5 Å². The number of halogens is 2. The Morgan fingerprint density at radius 3 is 1.93 bits per heavy atom. The Balaban J connectivity index is 1.55. The maximum Gasteiger partial charge on any atom is 0.270 e. The Hall–Kier alpha value is -3.98. The van der Waals surface area contributed by atoms with Gasteiger partial charge in [0.1, 0.15) is 12.2 Å². The first-order valence-corrected chi connectivity index (χ1v) is 14.3. The molecular formula is C32H24BrClN2O4S. The minimum Gasteiger partial charge on any atom is -0.490 e. The van der Waals surface area contributed by atoms with Crippen LogP contribution in [0.15, 0.2) is 107 Å². The van der Waals surface area contributed by atoms with Crippen LogP contribution in [0.25, 0.3) is 6.08 Å². The van der Waals surface area contributed by atoms with Crippen LogP contribution < -0.4 is 19.3 Å². The predicted octanol–water partition coefficient (Wildman–Crippen LogP) is 7.83. The van der Waals surface area contributed by atoms with Gasteiger partial charge in [-0.15, -0.1) is 0 Å². The summed E-state index contributed by atoms with van der Waals surface area (Å²) in [6.07, 6.45) is 1.55. The van der Waals surface area contributed by atoms with E-state index in [0.717, 1.165) is 5.56 Å². The zero-order chi connectivity index (χ0) is 28.9. The van der Waals surface area contributed by atoms with Gasteiger partial charge in [0.05, 0.1) is 22.5 Å². The highest BCUT2D eigenvalue weighted by Gasteiger charge is 2.41. The van der Waals surface area contributed by atoms with Crippen LogP contribution in [0, 0.1) is 0 Å². The Morgan fingerprint density at radius 1 is 0.829 bits per heavy atom. The van der Waals surface area contributed by atoms with Crippen molar-refractivity contribution in [3.63, 3.8) is 0 Å². The van der Waals surface area contributed by atoms with Crippen molar-refractivity contribution < 1.29 is 19.1 Å². The predicted molar refractivity (Wildman–Crippen MR) is 170 cm³/mol. The lowest BCUT2D eigenvalue weighted by Gasteiger charge is -2.36. The highest BCUT2D eigenvalue weighted by molar-refractivity contribution is 9.10. The van der Waals surface area contributed by atoms with Gasteiger partial charge in [0.2, 0.25) is 0 Å². The molecule has 0 N–H and O–H groups in total. The number of hydrogen-bond donors (Lipinski definition) is 0.